The normalized spacial score (nSPS) is 25.6. The summed E-state index contributed by atoms with van der Waals surface area (Å²) in [5.74, 6) is 0.583. The van der Waals surface area contributed by atoms with Crippen LogP contribution in [-0.4, -0.2) is 59.6 Å². The first-order valence-electron chi connectivity index (χ1n) is 11.1. The van der Waals surface area contributed by atoms with E-state index in [1.165, 1.54) is 44.8 Å². The van der Waals surface area contributed by atoms with Crippen molar-refractivity contribution in [3.63, 3.8) is 0 Å². The molecule has 1 amide bonds. The average Bonchev–Trinajstić information content (AvgIpc) is 2.69. The maximum atomic E-state index is 12.4. The number of aromatic hydroxyl groups is 1. The fourth-order valence-corrected chi connectivity index (χ4v) is 5.09. The number of piperidine rings is 2. The topological polar surface area (TPSA) is 88.1 Å². The summed E-state index contributed by atoms with van der Waals surface area (Å²) < 4.78 is 11.4. The van der Waals surface area contributed by atoms with E-state index in [0.717, 1.165) is 6.42 Å². The summed E-state index contributed by atoms with van der Waals surface area (Å²) in [5.41, 5.74) is -0.458. The molecule has 3 aliphatic rings. The standard InChI is InChI=1S/C23H32N2O5/c1-23(2)12-19(27)22-18(26)10-16(11-20(22)30-23)29-14-21(28)24-13-15-6-5-9-25-8-4-3-7-17(15)25/h10-11,15,17,26H,3-9,12-14H2,1-2H3,(H,24,28). The summed E-state index contributed by atoms with van der Waals surface area (Å²) in [6.45, 7) is 6.54. The Bertz CT molecular complexity index is 820. The molecule has 1 aromatic carbocycles. The zero-order valence-electron chi connectivity index (χ0n) is 17.9. The fourth-order valence-electron chi connectivity index (χ4n) is 5.09. The number of rotatable bonds is 5. The van der Waals surface area contributed by atoms with Gasteiger partial charge in [-0.05, 0) is 58.5 Å². The van der Waals surface area contributed by atoms with Crippen LogP contribution in [0.3, 0.4) is 0 Å². The number of phenols is 1. The fraction of sp³-hybridized carbons (Fsp3) is 0.652. The van der Waals surface area contributed by atoms with Crippen molar-refractivity contribution >= 4 is 11.7 Å². The monoisotopic (exact) mass is 416 g/mol. The molecule has 4 rings (SSSR count). The van der Waals surface area contributed by atoms with Crippen LogP contribution in [0.5, 0.6) is 17.2 Å². The van der Waals surface area contributed by atoms with Crippen molar-refractivity contribution in [2.75, 3.05) is 26.2 Å². The summed E-state index contributed by atoms with van der Waals surface area (Å²) in [4.78, 5) is 27.2. The molecule has 164 valence electrons. The lowest BCUT2D eigenvalue weighted by Gasteiger charge is -2.44. The van der Waals surface area contributed by atoms with E-state index in [1.54, 1.807) is 6.07 Å². The third kappa shape index (κ3) is 4.56. The van der Waals surface area contributed by atoms with Crippen LogP contribution in [0.4, 0.5) is 0 Å². The van der Waals surface area contributed by atoms with Crippen LogP contribution in [-0.2, 0) is 4.79 Å². The average molecular weight is 417 g/mol. The second-order valence-electron chi connectivity index (χ2n) is 9.37. The molecule has 3 heterocycles. The van der Waals surface area contributed by atoms with Gasteiger partial charge in [-0.3, -0.25) is 9.59 Å². The highest BCUT2D eigenvalue weighted by Gasteiger charge is 2.35. The number of fused-ring (bicyclic) bond motifs is 2. The number of amides is 1. The van der Waals surface area contributed by atoms with Crippen molar-refractivity contribution in [1.82, 2.24) is 10.2 Å². The van der Waals surface area contributed by atoms with E-state index in [2.05, 4.69) is 10.2 Å². The molecule has 30 heavy (non-hydrogen) atoms. The summed E-state index contributed by atoms with van der Waals surface area (Å²) >= 11 is 0. The van der Waals surface area contributed by atoms with Crippen molar-refractivity contribution in [3.8, 4) is 17.2 Å². The predicted molar refractivity (Wildman–Crippen MR) is 112 cm³/mol. The first-order chi connectivity index (χ1) is 14.3. The summed E-state index contributed by atoms with van der Waals surface area (Å²) in [6, 6.07) is 3.53. The second-order valence-corrected chi connectivity index (χ2v) is 9.37. The zero-order valence-corrected chi connectivity index (χ0v) is 17.9. The third-order valence-electron chi connectivity index (χ3n) is 6.47. The Hall–Kier alpha value is -2.28. The largest absolute Gasteiger partial charge is 0.507 e. The van der Waals surface area contributed by atoms with Crippen LogP contribution in [0.25, 0.3) is 0 Å². The summed E-state index contributed by atoms with van der Waals surface area (Å²) in [7, 11) is 0. The number of hydrogen-bond donors (Lipinski definition) is 2. The maximum Gasteiger partial charge on any atom is 0.257 e. The van der Waals surface area contributed by atoms with Crippen LogP contribution < -0.4 is 14.8 Å². The number of ketones is 1. The molecular formula is C23H32N2O5. The molecule has 2 fully saturated rings. The van der Waals surface area contributed by atoms with Gasteiger partial charge in [0.25, 0.3) is 5.91 Å². The van der Waals surface area contributed by atoms with Crippen LogP contribution in [0.2, 0.25) is 0 Å². The summed E-state index contributed by atoms with van der Waals surface area (Å²) in [5, 5.41) is 13.3. The predicted octanol–water partition coefficient (Wildman–Crippen LogP) is 2.90. The first-order valence-corrected chi connectivity index (χ1v) is 11.1. The molecule has 2 unspecified atom stereocenters. The molecule has 0 radical (unpaired) electrons. The minimum atomic E-state index is -0.639. The lowest BCUT2D eigenvalue weighted by atomic mass is 9.83. The Balaban J connectivity index is 1.32. The molecule has 2 N–H and O–H groups in total. The highest BCUT2D eigenvalue weighted by atomic mass is 16.5. The molecule has 0 spiro atoms. The molecule has 7 heteroatoms. The number of nitrogens with zero attached hydrogens (tertiary/aromatic N) is 1. The molecule has 2 atom stereocenters. The zero-order chi connectivity index (χ0) is 21.3. The number of carbonyl (C=O) groups is 2. The van der Waals surface area contributed by atoms with Crippen LogP contribution in [0.1, 0.15) is 62.7 Å². The molecular weight excluding hydrogens is 384 g/mol. The van der Waals surface area contributed by atoms with Gasteiger partial charge in [0.1, 0.15) is 28.4 Å². The highest BCUT2D eigenvalue weighted by Crippen LogP contribution is 2.41. The third-order valence-corrected chi connectivity index (χ3v) is 6.47. The van der Waals surface area contributed by atoms with Crippen molar-refractivity contribution in [2.45, 2.75) is 64.0 Å². The van der Waals surface area contributed by atoms with E-state index >= 15 is 0 Å². The molecule has 7 nitrogen and oxygen atoms in total. The van der Waals surface area contributed by atoms with Crippen molar-refractivity contribution < 1.29 is 24.2 Å². The SMILES string of the molecule is CC1(C)CC(=O)c2c(O)cc(OCC(=O)NCC3CCCN4CCCCC34)cc2O1. The van der Waals surface area contributed by atoms with Gasteiger partial charge >= 0.3 is 0 Å². The Kier molecular flexibility index (Phi) is 5.91. The van der Waals surface area contributed by atoms with Gasteiger partial charge in [0.15, 0.2) is 12.4 Å². The molecule has 1 aromatic rings. The number of ether oxygens (including phenoxy) is 2. The lowest BCUT2D eigenvalue weighted by Crippen LogP contribution is -2.51. The number of Topliss-reactive ketones (excluding diaryl/α,β-unsaturated/α-hetero) is 1. The number of benzene rings is 1. The number of phenolic OH excluding ortho intramolecular Hbond substituents is 1. The minimum absolute atomic E-state index is 0.142. The molecule has 0 saturated carbocycles. The van der Waals surface area contributed by atoms with E-state index < -0.39 is 5.60 Å². The lowest BCUT2D eigenvalue weighted by molar-refractivity contribution is -0.123. The smallest absolute Gasteiger partial charge is 0.257 e. The van der Waals surface area contributed by atoms with E-state index in [1.807, 2.05) is 13.8 Å². The Morgan fingerprint density at radius 3 is 2.90 bits per heavy atom. The second kappa shape index (κ2) is 8.46. The van der Waals surface area contributed by atoms with E-state index in [0.29, 0.717) is 30.0 Å². The van der Waals surface area contributed by atoms with E-state index in [9.17, 15) is 14.7 Å². The molecule has 0 bridgehead atoms. The van der Waals surface area contributed by atoms with Gasteiger partial charge in [-0.25, -0.2) is 0 Å². The first kappa shape index (κ1) is 21.0. The van der Waals surface area contributed by atoms with Gasteiger partial charge in [0, 0.05) is 24.7 Å². The van der Waals surface area contributed by atoms with Crippen molar-refractivity contribution in [3.05, 3.63) is 17.7 Å². The Morgan fingerprint density at radius 2 is 2.07 bits per heavy atom. The van der Waals surface area contributed by atoms with Crippen LogP contribution >= 0.6 is 0 Å². The minimum Gasteiger partial charge on any atom is -0.507 e. The molecule has 2 saturated heterocycles. The van der Waals surface area contributed by atoms with Crippen molar-refractivity contribution in [1.29, 1.82) is 0 Å². The van der Waals surface area contributed by atoms with Gasteiger partial charge < -0.3 is 24.8 Å². The molecule has 0 aromatic heterocycles. The Morgan fingerprint density at radius 1 is 1.27 bits per heavy atom. The molecule has 3 aliphatic heterocycles. The maximum absolute atomic E-state index is 12.4. The van der Waals surface area contributed by atoms with Gasteiger partial charge in [-0.1, -0.05) is 6.42 Å². The highest BCUT2D eigenvalue weighted by molar-refractivity contribution is 6.03. The van der Waals surface area contributed by atoms with Crippen LogP contribution in [0.15, 0.2) is 12.1 Å². The Labute approximate surface area is 177 Å². The number of hydrogen-bond acceptors (Lipinski definition) is 6. The van der Waals surface area contributed by atoms with E-state index in [-0.39, 0.29) is 36.0 Å². The van der Waals surface area contributed by atoms with Crippen LogP contribution in [0, 0.1) is 5.92 Å². The van der Waals surface area contributed by atoms with Gasteiger partial charge in [-0.2, -0.15) is 0 Å². The van der Waals surface area contributed by atoms with Crippen molar-refractivity contribution in [2.24, 2.45) is 5.92 Å². The van der Waals surface area contributed by atoms with Gasteiger partial charge in [-0.15, -0.1) is 0 Å². The number of nitrogens with one attached hydrogen (secondary N) is 1. The summed E-state index contributed by atoms with van der Waals surface area (Å²) in [6.07, 6.45) is 6.33. The molecule has 0 aliphatic carbocycles. The van der Waals surface area contributed by atoms with Gasteiger partial charge in [0.2, 0.25) is 0 Å². The van der Waals surface area contributed by atoms with Gasteiger partial charge in [0.05, 0.1) is 6.42 Å². The number of carbonyl (C=O) groups excluding carboxylic acids is 2. The quantitative estimate of drug-likeness (QED) is 0.767. The van der Waals surface area contributed by atoms with E-state index in [4.69, 9.17) is 9.47 Å².